The predicted molar refractivity (Wildman–Crippen MR) is 121 cm³/mol. The van der Waals surface area contributed by atoms with E-state index in [1.165, 1.54) is 0 Å². The van der Waals surface area contributed by atoms with Crippen LogP contribution in [-0.4, -0.2) is 48.4 Å². The summed E-state index contributed by atoms with van der Waals surface area (Å²) in [6.07, 6.45) is 0. The van der Waals surface area contributed by atoms with Crippen LogP contribution in [0, 0.1) is 30.6 Å². The number of carbonyl (C=O) groups excluding carboxylic acids is 3. The van der Waals surface area contributed by atoms with Crippen LogP contribution in [0.3, 0.4) is 0 Å². The van der Waals surface area contributed by atoms with Crippen molar-refractivity contribution >= 4 is 23.3 Å². The maximum absolute atomic E-state index is 12.2. The Morgan fingerprint density at radius 1 is 1.00 bits per heavy atom. The molecule has 0 fully saturated rings. The second kappa shape index (κ2) is 12.0. The zero-order chi connectivity index (χ0) is 23.5. The standard InChI is InChI=1S/C24H24N4O4/c1-16-12-18(8-11-20(16)27-23(31)14-26)5-3-2-4-17-6-9-19(10-7-17)24(32)28-21(13-25)22(30)15-29/h6-12,21,29H,13-15,25-26H2,1H3,(H,27,31)(H,28,32)/t21-/m0/s1. The van der Waals surface area contributed by atoms with E-state index in [1.54, 1.807) is 36.4 Å². The number of benzene rings is 2. The lowest BCUT2D eigenvalue weighted by atomic mass is 10.1. The van der Waals surface area contributed by atoms with E-state index < -0.39 is 24.3 Å². The molecule has 7 N–H and O–H groups in total. The van der Waals surface area contributed by atoms with Gasteiger partial charge >= 0.3 is 0 Å². The van der Waals surface area contributed by atoms with Gasteiger partial charge in [-0.3, -0.25) is 14.4 Å². The number of nitrogens with two attached hydrogens (primary N) is 2. The largest absolute Gasteiger partial charge is 0.388 e. The summed E-state index contributed by atoms with van der Waals surface area (Å²) in [5.41, 5.74) is 14.0. The van der Waals surface area contributed by atoms with Crippen LogP contribution in [0.5, 0.6) is 0 Å². The molecule has 2 rings (SSSR count). The van der Waals surface area contributed by atoms with E-state index in [2.05, 4.69) is 34.3 Å². The van der Waals surface area contributed by atoms with Gasteiger partial charge in [-0.25, -0.2) is 0 Å². The van der Waals surface area contributed by atoms with Gasteiger partial charge in [-0.2, -0.15) is 0 Å². The normalized spacial score (nSPS) is 10.6. The summed E-state index contributed by atoms with van der Waals surface area (Å²) in [5, 5.41) is 14.1. The summed E-state index contributed by atoms with van der Waals surface area (Å²) in [6.45, 7) is 0.986. The van der Waals surface area contributed by atoms with Gasteiger partial charge in [0.1, 0.15) is 12.6 Å². The number of ketones is 1. The van der Waals surface area contributed by atoms with Crippen LogP contribution < -0.4 is 22.1 Å². The minimum Gasteiger partial charge on any atom is -0.388 e. The molecule has 0 heterocycles. The zero-order valence-corrected chi connectivity index (χ0v) is 17.6. The molecule has 0 spiro atoms. The van der Waals surface area contributed by atoms with Crippen molar-refractivity contribution in [1.29, 1.82) is 0 Å². The number of anilines is 1. The highest BCUT2D eigenvalue weighted by molar-refractivity contribution is 5.98. The molecule has 0 saturated heterocycles. The number of Topliss-reactive ketones (excluding diaryl/α,β-unsaturated/α-hetero) is 1. The summed E-state index contributed by atoms with van der Waals surface area (Å²) in [7, 11) is 0. The molecule has 0 aliphatic heterocycles. The van der Waals surface area contributed by atoms with Gasteiger partial charge in [0.25, 0.3) is 5.91 Å². The number of hydrogen-bond donors (Lipinski definition) is 5. The summed E-state index contributed by atoms with van der Waals surface area (Å²) in [5.74, 6) is 10.1. The average Bonchev–Trinajstić information content (AvgIpc) is 2.81. The number of aliphatic hydroxyl groups is 1. The molecular formula is C24H24N4O4. The lowest BCUT2D eigenvalue weighted by Gasteiger charge is -2.14. The molecule has 0 bridgehead atoms. The van der Waals surface area contributed by atoms with Crippen LogP contribution in [0.4, 0.5) is 5.69 Å². The Balaban J connectivity index is 2.02. The Morgan fingerprint density at radius 3 is 2.19 bits per heavy atom. The van der Waals surface area contributed by atoms with Gasteiger partial charge in [0.15, 0.2) is 5.78 Å². The SMILES string of the molecule is Cc1cc(C#CC#Cc2ccc(C(=O)N[C@@H](CN)C(=O)CO)cc2)ccc1NC(=O)CN. The molecule has 0 aromatic heterocycles. The molecule has 2 amide bonds. The van der Waals surface area contributed by atoms with Crippen molar-refractivity contribution in [2.45, 2.75) is 13.0 Å². The van der Waals surface area contributed by atoms with Crippen molar-refractivity contribution in [3.05, 3.63) is 64.7 Å². The highest BCUT2D eigenvalue weighted by Gasteiger charge is 2.18. The number of hydrogen-bond acceptors (Lipinski definition) is 6. The zero-order valence-electron chi connectivity index (χ0n) is 17.6. The minimum atomic E-state index is -0.933. The number of aryl methyl sites for hydroxylation is 1. The van der Waals surface area contributed by atoms with Crippen LogP contribution in [0.1, 0.15) is 27.0 Å². The van der Waals surface area contributed by atoms with Gasteiger partial charge in [0, 0.05) is 28.9 Å². The maximum atomic E-state index is 12.2. The Bertz CT molecular complexity index is 1120. The molecule has 164 valence electrons. The molecule has 0 radical (unpaired) electrons. The minimum absolute atomic E-state index is 0.0835. The number of aliphatic hydroxyl groups excluding tert-OH is 1. The van der Waals surface area contributed by atoms with E-state index in [-0.39, 0.29) is 19.0 Å². The van der Waals surface area contributed by atoms with Crippen molar-refractivity contribution in [3.63, 3.8) is 0 Å². The van der Waals surface area contributed by atoms with Gasteiger partial charge in [-0.15, -0.1) is 0 Å². The molecule has 1 atom stereocenters. The molecule has 0 aliphatic rings. The number of carbonyl (C=O) groups is 3. The Hall–Kier alpha value is -3.95. The smallest absolute Gasteiger partial charge is 0.251 e. The summed E-state index contributed by atoms with van der Waals surface area (Å²) in [4.78, 5) is 35.1. The van der Waals surface area contributed by atoms with E-state index >= 15 is 0 Å². The lowest BCUT2D eigenvalue weighted by Crippen LogP contribution is -2.46. The quantitative estimate of drug-likeness (QED) is 0.387. The molecular weight excluding hydrogens is 408 g/mol. The van der Waals surface area contributed by atoms with Crippen LogP contribution in [0.15, 0.2) is 42.5 Å². The first kappa shape index (κ1) is 24.3. The fourth-order valence-electron chi connectivity index (χ4n) is 2.62. The van der Waals surface area contributed by atoms with Crippen molar-refractivity contribution < 1.29 is 19.5 Å². The first-order valence-corrected chi connectivity index (χ1v) is 9.75. The van der Waals surface area contributed by atoms with Gasteiger partial charge in [-0.1, -0.05) is 11.8 Å². The fraction of sp³-hybridized carbons (Fsp3) is 0.208. The van der Waals surface area contributed by atoms with Crippen LogP contribution in [-0.2, 0) is 9.59 Å². The van der Waals surface area contributed by atoms with Crippen LogP contribution in [0.25, 0.3) is 0 Å². The lowest BCUT2D eigenvalue weighted by molar-refractivity contribution is -0.123. The molecule has 32 heavy (non-hydrogen) atoms. The van der Waals surface area contributed by atoms with Gasteiger partial charge < -0.3 is 27.2 Å². The highest BCUT2D eigenvalue weighted by atomic mass is 16.3. The van der Waals surface area contributed by atoms with E-state index in [9.17, 15) is 14.4 Å². The van der Waals surface area contributed by atoms with Gasteiger partial charge in [0.05, 0.1) is 6.54 Å². The third-order valence-corrected chi connectivity index (χ3v) is 4.39. The van der Waals surface area contributed by atoms with E-state index in [4.69, 9.17) is 16.6 Å². The third kappa shape index (κ3) is 7.08. The van der Waals surface area contributed by atoms with Crippen molar-refractivity contribution in [2.24, 2.45) is 11.5 Å². The number of nitrogens with one attached hydrogen (secondary N) is 2. The summed E-state index contributed by atoms with van der Waals surface area (Å²) < 4.78 is 0. The average molecular weight is 432 g/mol. The van der Waals surface area contributed by atoms with E-state index in [0.29, 0.717) is 16.8 Å². The first-order valence-electron chi connectivity index (χ1n) is 9.75. The molecule has 8 nitrogen and oxygen atoms in total. The molecule has 0 aliphatic carbocycles. The third-order valence-electron chi connectivity index (χ3n) is 4.39. The molecule has 2 aromatic carbocycles. The highest BCUT2D eigenvalue weighted by Crippen LogP contribution is 2.15. The Kier molecular flexibility index (Phi) is 9.15. The van der Waals surface area contributed by atoms with E-state index in [0.717, 1.165) is 11.1 Å². The monoisotopic (exact) mass is 432 g/mol. The van der Waals surface area contributed by atoms with Gasteiger partial charge in [-0.05, 0) is 66.8 Å². The fourth-order valence-corrected chi connectivity index (χ4v) is 2.62. The molecule has 0 saturated carbocycles. The second-order valence-corrected chi connectivity index (χ2v) is 6.75. The second-order valence-electron chi connectivity index (χ2n) is 6.75. The van der Waals surface area contributed by atoms with Crippen LogP contribution in [0.2, 0.25) is 0 Å². The van der Waals surface area contributed by atoms with Gasteiger partial charge in [0.2, 0.25) is 5.91 Å². The summed E-state index contributed by atoms with van der Waals surface area (Å²) in [6, 6.07) is 10.9. The van der Waals surface area contributed by atoms with Crippen LogP contribution >= 0.6 is 0 Å². The summed E-state index contributed by atoms with van der Waals surface area (Å²) >= 11 is 0. The Morgan fingerprint density at radius 2 is 1.62 bits per heavy atom. The molecule has 0 unspecified atom stereocenters. The van der Waals surface area contributed by atoms with E-state index in [1.807, 2.05) is 13.0 Å². The molecule has 2 aromatic rings. The van der Waals surface area contributed by atoms with Crippen molar-refractivity contribution in [2.75, 3.05) is 25.0 Å². The Labute approximate surface area is 186 Å². The predicted octanol–water partition coefficient (Wildman–Crippen LogP) is -0.0861. The first-order chi connectivity index (χ1) is 15.4. The number of amides is 2. The maximum Gasteiger partial charge on any atom is 0.251 e. The van der Waals surface area contributed by atoms with Crippen molar-refractivity contribution in [1.82, 2.24) is 5.32 Å². The number of rotatable bonds is 7. The molecule has 8 heteroatoms. The topological polar surface area (TPSA) is 148 Å². The van der Waals surface area contributed by atoms with Crippen molar-refractivity contribution in [3.8, 4) is 23.7 Å².